The SMILES string of the molecule is C=COc1ccc(F)c(F)c1. The van der Waals surface area contributed by atoms with Gasteiger partial charge in [-0.2, -0.15) is 0 Å². The molecule has 0 fully saturated rings. The molecule has 0 saturated carbocycles. The van der Waals surface area contributed by atoms with E-state index >= 15 is 0 Å². The Morgan fingerprint density at radius 1 is 1.27 bits per heavy atom. The van der Waals surface area contributed by atoms with Crippen LogP contribution in [0.2, 0.25) is 0 Å². The van der Waals surface area contributed by atoms with Gasteiger partial charge in [0, 0.05) is 6.07 Å². The minimum Gasteiger partial charge on any atom is -0.466 e. The molecular weight excluding hydrogens is 150 g/mol. The van der Waals surface area contributed by atoms with Crippen molar-refractivity contribution in [1.82, 2.24) is 0 Å². The molecule has 1 nitrogen and oxygen atoms in total. The maximum absolute atomic E-state index is 12.4. The fourth-order valence-electron chi connectivity index (χ4n) is 0.646. The number of rotatable bonds is 2. The molecule has 3 heteroatoms. The first-order chi connectivity index (χ1) is 5.24. The van der Waals surface area contributed by atoms with Crippen molar-refractivity contribution >= 4 is 0 Å². The van der Waals surface area contributed by atoms with Gasteiger partial charge in [-0.05, 0) is 12.1 Å². The highest BCUT2D eigenvalue weighted by atomic mass is 19.2. The van der Waals surface area contributed by atoms with Gasteiger partial charge in [0.05, 0.1) is 6.26 Å². The summed E-state index contributed by atoms with van der Waals surface area (Å²) in [6, 6.07) is 3.27. The van der Waals surface area contributed by atoms with Gasteiger partial charge in [-0.3, -0.25) is 0 Å². The predicted octanol–water partition coefficient (Wildman–Crippen LogP) is 2.49. The topological polar surface area (TPSA) is 9.23 Å². The highest BCUT2D eigenvalue weighted by Crippen LogP contribution is 2.14. The lowest BCUT2D eigenvalue weighted by Crippen LogP contribution is -1.85. The van der Waals surface area contributed by atoms with Crippen molar-refractivity contribution in [1.29, 1.82) is 0 Å². The lowest BCUT2D eigenvalue weighted by molar-refractivity contribution is 0.462. The van der Waals surface area contributed by atoms with Gasteiger partial charge >= 0.3 is 0 Å². The Kier molecular flexibility index (Phi) is 2.21. The zero-order chi connectivity index (χ0) is 8.27. The molecule has 0 saturated heterocycles. The lowest BCUT2D eigenvalue weighted by atomic mass is 10.3. The Labute approximate surface area is 62.9 Å². The molecule has 0 spiro atoms. The van der Waals surface area contributed by atoms with Crippen molar-refractivity contribution in [3.8, 4) is 5.75 Å². The number of hydrogen-bond acceptors (Lipinski definition) is 1. The third-order valence-electron chi connectivity index (χ3n) is 1.11. The highest BCUT2D eigenvalue weighted by molar-refractivity contribution is 5.24. The predicted molar refractivity (Wildman–Crippen MR) is 37.2 cm³/mol. The summed E-state index contributed by atoms with van der Waals surface area (Å²) >= 11 is 0. The monoisotopic (exact) mass is 156 g/mol. The van der Waals surface area contributed by atoms with Crippen LogP contribution in [-0.2, 0) is 0 Å². The molecular formula is C8H6F2O. The van der Waals surface area contributed by atoms with E-state index in [-0.39, 0.29) is 5.75 Å². The second-order valence-corrected chi connectivity index (χ2v) is 1.86. The van der Waals surface area contributed by atoms with Crippen LogP contribution >= 0.6 is 0 Å². The molecule has 58 valence electrons. The van der Waals surface area contributed by atoms with Crippen LogP contribution in [0.4, 0.5) is 8.78 Å². The van der Waals surface area contributed by atoms with Crippen LogP contribution in [0, 0.1) is 11.6 Å². The Hall–Kier alpha value is -1.38. The zero-order valence-corrected chi connectivity index (χ0v) is 5.68. The van der Waals surface area contributed by atoms with Gasteiger partial charge in [0.1, 0.15) is 5.75 Å². The third-order valence-corrected chi connectivity index (χ3v) is 1.11. The van der Waals surface area contributed by atoms with Crippen LogP contribution in [0.15, 0.2) is 31.0 Å². The van der Waals surface area contributed by atoms with E-state index in [1.54, 1.807) is 0 Å². The maximum Gasteiger partial charge on any atom is 0.162 e. The smallest absolute Gasteiger partial charge is 0.162 e. The van der Waals surface area contributed by atoms with E-state index in [0.29, 0.717) is 0 Å². The second-order valence-electron chi connectivity index (χ2n) is 1.86. The summed E-state index contributed by atoms with van der Waals surface area (Å²) in [5, 5.41) is 0. The summed E-state index contributed by atoms with van der Waals surface area (Å²) in [4.78, 5) is 0. The van der Waals surface area contributed by atoms with E-state index in [1.807, 2.05) is 0 Å². The van der Waals surface area contributed by atoms with Crippen LogP contribution in [0.1, 0.15) is 0 Å². The molecule has 0 bridgehead atoms. The van der Waals surface area contributed by atoms with Crippen molar-refractivity contribution in [2.45, 2.75) is 0 Å². The van der Waals surface area contributed by atoms with Crippen LogP contribution < -0.4 is 4.74 Å². The molecule has 1 rings (SSSR count). The van der Waals surface area contributed by atoms with Gasteiger partial charge in [0.2, 0.25) is 0 Å². The Balaban J connectivity index is 2.95. The van der Waals surface area contributed by atoms with Crippen molar-refractivity contribution < 1.29 is 13.5 Å². The summed E-state index contributed by atoms with van der Waals surface area (Å²) in [5.41, 5.74) is 0. The highest BCUT2D eigenvalue weighted by Gasteiger charge is 2.01. The average Bonchev–Trinajstić information content (AvgIpc) is 1.98. The van der Waals surface area contributed by atoms with Crippen molar-refractivity contribution in [3.63, 3.8) is 0 Å². The molecule has 0 atom stereocenters. The number of hydrogen-bond donors (Lipinski definition) is 0. The van der Waals surface area contributed by atoms with E-state index in [0.717, 1.165) is 18.4 Å². The number of halogens is 2. The summed E-state index contributed by atoms with van der Waals surface area (Å²) in [6.07, 6.45) is 1.15. The molecule has 11 heavy (non-hydrogen) atoms. The van der Waals surface area contributed by atoms with E-state index < -0.39 is 11.6 Å². The first-order valence-corrected chi connectivity index (χ1v) is 2.96. The summed E-state index contributed by atoms with van der Waals surface area (Å²) in [6.45, 7) is 3.27. The third kappa shape index (κ3) is 1.77. The average molecular weight is 156 g/mol. The molecule has 0 heterocycles. The second kappa shape index (κ2) is 3.14. The van der Waals surface area contributed by atoms with Crippen LogP contribution in [0.3, 0.4) is 0 Å². The van der Waals surface area contributed by atoms with Gasteiger partial charge in [0.15, 0.2) is 11.6 Å². The van der Waals surface area contributed by atoms with Crippen LogP contribution in [-0.4, -0.2) is 0 Å². The molecule has 0 unspecified atom stereocenters. The van der Waals surface area contributed by atoms with Gasteiger partial charge in [-0.1, -0.05) is 6.58 Å². The maximum atomic E-state index is 12.4. The molecule has 0 radical (unpaired) electrons. The standard InChI is InChI=1S/C8H6F2O/c1-2-11-6-3-4-7(9)8(10)5-6/h2-5H,1H2. The van der Waals surface area contributed by atoms with E-state index in [2.05, 4.69) is 6.58 Å². The fourth-order valence-corrected chi connectivity index (χ4v) is 0.646. The summed E-state index contributed by atoms with van der Waals surface area (Å²) in [7, 11) is 0. The molecule has 0 aliphatic carbocycles. The van der Waals surface area contributed by atoms with Gasteiger partial charge in [-0.15, -0.1) is 0 Å². The number of ether oxygens (including phenoxy) is 1. The largest absolute Gasteiger partial charge is 0.466 e. The minimum absolute atomic E-state index is 0.235. The van der Waals surface area contributed by atoms with Gasteiger partial charge < -0.3 is 4.74 Å². The van der Waals surface area contributed by atoms with Gasteiger partial charge in [-0.25, -0.2) is 8.78 Å². The lowest BCUT2D eigenvalue weighted by Gasteiger charge is -1.98. The van der Waals surface area contributed by atoms with Crippen molar-refractivity contribution in [3.05, 3.63) is 42.7 Å². The Morgan fingerprint density at radius 2 is 2.00 bits per heavy atom. The van der Waals surface area contributed by atoms with Crippen LogP contribution in [0.25, 0.3) is 0 Å². The van der Waals surface area contributed by atoms with E-state index in [9.17, 15) is 8.78 Å². The van der Waals surface area contributed by atoms with Crippen molar-refractivity contribution in [2.75, 3.05) is 0 Å². The normalized spacial score (nSPS) is 9.27. The first-order valence-electron chi connectivity index (χ1n) is 2.96. The molecule has 0 amide bonds. The quantitative estimate of drug-likeness (QED) is 0.597. The molecule has 0 aromatic heterocycles. The summed E-state index contributed by atoms with van der Waals surface area (Å²) < 4.78 is 29.4. The minimum atomic E-state index is -0.927. The Morgan fingerprint density at radius 3 is 2.55 bits per heavy atom. The zero-order valence-electron chi connectivity index (χ0n) is 5.68. The van der Waals surface area contributed by atoms with E-state index in [4.69, 9.17) is 4.74 Å². The molecule has 1 aromatic rings. The van der Waals surface area contributed by atoms with Crippen molar-refractivity contribution in [2.24, 2.45) is 0 Å². The molecule has 1 aromatic carbocycles. The van der Waals surface area contributed by atoms with Gasteiger partial charge in [0.25, 0.3) is 0 Å². The molecule has 0 aliphatic heterocycles. The summed E-state index contributed by atoms with van der Waals surface area (Å²) in [5.74, 6) is -1.58. The van der Waals surface area contributed by atoms with Crippen LogP contribution in [0.5, 0.6) is 5.75 Å². The molecule has 0 aliphatic rings. The first kappa shape index (κ1) is 7.72. The fraction of sp³-hybridized carbons (Fsp3) is 0. The number of benzene rings is 1. The van der Waals surface area contributed by atoms with E-state index in [1.165, 1.54) is 6.07 Å². The Bertz CT molecular complexity index is 271. The molecule has 0 N–H and O–H groups in total.